The predicted molar refractivity (Wildman–Crippen MR) is 84.9 cm³/mol. The van der Waals surface area contributed by atoms with Crippen LogP contribution in [0.1, 0.15) is 19.4 Å². The first-order valence-electron chi connectivity index (χ1n) is 7.64. The van der Waals surface area contributed by atoms with E-state index in [2.05, 4.69) is 0 Å². The molecule has 2 aliphatic rings. The average Bonchev–Trinajstić information content (AvgIpc) is 2.72. The van der Waals surface area contributed by atoms with Gasteiger partial charge in [0.15, 0.2) is 11.5 Å². The van der Waals surface area contributed by atoms with Crippen LogP contribution in [-0.4, -0.2) is 47.4 Å². The van der Waals surface area contributed by atoms with Crippen LogP contribution in [0.15, 0.2) is 12.1 Å². The Bertz CT molecular complexity index is 719. The summed E-state index contributed by atoms with van der Waals surface area (Å²) in [6, 6.07) is 2.66. The summed E-state index contributed by atoms with van der Waals surface area (Å²) >= 11 is 6.16. The molecule has 1 aromatic carbocycles. The molecule has 8 heteroatoms. The molecule has 0 aromatic heterocycles. The smallest absolute Gasteiger partial charge is 0.334 e. The highest BCUT2D eigenvalue weighted by molar-refractivity contribution is 6.44. The molecule has 7 nitrogen and oxygen atoms in total. The van der Waals surface area contributed by atoms with Crippen LogP contribution in [0, 0.1) is 5.92 Å². The number of benzene rings is 1. The van der Waals surface area contributed by atoms with E-state index >= 15 is 0 Å². The number of nitrogens with zero attached hydrogens (tertiary/aromatic N) is 2. The van der Waals surface area contributed by atoms with Gasteiger partial charge in [-0.1, -0.05) is 25.4 Å². The quantitative estimate of drug-likeness (QED) is 0.612. The van der Waals surface area contributed by atoms with E-state index in [0.29, 0.717) is 35.3 Å². The molecule has 2 aliphatic heterocycles. The van der Waals surface area contributed by atoms with E-state index < -0.39 is 17.8 Å². The van der Waals surface area contributed by atoms with Crippen LogP contribution in [0.3, 0.4) is 0 Å². The fraction of sp³-hybridized carbons (Fsp3) is 0.438. The zero-order chi connectivity index (χ0) is 17.4. The molecule has 1 aromatic rings. The lowest BCUT2D eigenvalue weighted by atomic mass is 10.2. The van der Waals surface area contributed by atoms with Crippen molar-refractivity contribution in [1.82, 2.24) is 9.80 Å². The van der Waals surface area contributed by atoms with E-state index in [4.69, 9.17) is 21.1 Å². The minimum atomic E-state index is -0.827. The number of imide groups is 2. The zero-order valence-electron chi connectivity index (χ0n) is 13.4. The van der Waals surface area contributed by atoms with Crippen molar-refractivity contribution in [3.05, 3.63) is 22.7 Å². The van der Waals surface area contributed by atoms with E-state index in [1.807, 2.05) is 13.8 Å². The van der Waals surface area contributed by atoms with Crippen LogP contribution in [0.25, 0.3) is 0 Å². The standard InChI is InChI=1S/C16H17ClN2O5/c1-9(2)7-18-14(20)15(21)19(16(18)22)8-10-5-11(17)13-12(6-10)23-3-4-24-13/h5-6,9H,3-4,7-8H2,1-2H3. The molecule has 0 N–H and O–H groups in total. The van der Waals surface area contributed by atoms with Crippen LogP contribution in [-0.2, 0) is 16.1 Å². The van der Waals surface area contributed by atoms with Gasteiger partial charge in [-0.15, -0.1) is 0 Å². The molecule has 1 saturated heterocycles. The van der Waals surface area contributed by atoms with Gasteiger partial charge in [0.1, 0.15) is 13.2 Å². The Morgan fingerprint density at radius 1 is 1.08 bits per heavy atom. The summed E-state index contributed by atoms with van der Waals surface area (Å²) in [6.45, 7) is 4.71. The molecule has 0 atom stereocenters. The van der Waals surface area contributed by atoms with Gasteiger partial charge in [0.05, 0.1) is 11.6 Å². The van der Waals surface area contributed by atoms with Gasteiger partial charge in [0.25, 0.3) is 0 Å². The molecular formula is C16H17ClN2O5. The second-order valence-electron chi connectivity index (χ2n) is 6.09. The first-order chi connectivity index (χ1) is 11.4. The Morgan fingerprint density at radius 2 is 1.75 bits per heavy atom. The number of fused-ring (bicyclic) bond motifs is 1. The van der Waals surface area contributed by atoms with Crippen molar-refractivity contribution in [3.8, 4) is 11.5 Å². The fourth-order valence-corrected chi connectivity index (χ4v) is 2.94. The van der Waals surface area contributed by atoms with Crippen molar-refractivity contribution >= 4 is 29.4 Å². The highest BCUT2D eigenvalue weighted by atomic mass is 35.5. The lowest BCUT2D eigenvalue weighted by Crippen LogP contribution is -2.35. The molecule has 1 fully saturated rings. The summed E-state index contributed by atoms with van der Waals surface area (Å²) < 4.78 is 10.9. The van der Waals surface area contributed by atoms with Crippen molar-refractivity contribution in [2.75, 3.05) is 19.8 Å². The van der Waals surface area contributed by atoms with Crippen molar-refractivity contribution in [3.63, 3.8) is 0 Å². The van der Waals surface area contributed by atoms with E-state index in [0.717, 1.165) is 9.80 Å². The largest absolute Gasteiger partial charge is 0.486 e. The molecule has 0 radical (unpaired) electrons. The maximum absolute atomic E-state index is 12.4. The summed E-state index contributed by atoms with van der Waals surface area (Å²) in [7, 11) is 0. The van der Waals surface area contributed by atoms with Crippen LogP contribution in [0.2, 0.25) is 5.02 Å². The summed E-state index contributed by atoms with van der Waals surface area (Å²) in [6.07, 6.45) is 0. The van der Waals surface area contributed by atoms with Crippen molar-refractivity contribution < 1.29 is 23.9 Å². The Kier molecular flexibility index (Phi) is 4.36. The number of hydrogen-bond acceptors (Lipinski definition) is 5. The van der Waals surface area contributed by atoms with Gasteiger partial charge in [-0.05, 0) is 23.6 Å². The molecule has 0 saturated carbocycles. The second-order valence-corrected chi connectivity index (χ2v) is 6.49. The average molecular weight is 353 g/mol. The third-order valence-corrected chi connectivity index (χ3v) is 3.96. The summed E-state index contributed by atoms with van der Waals surface area (Å²) in [5, 5.41) is 0.339. The topological polar surface area (TPSA) is 76.2 Å². The van der Waals surface area contributed by atoms with Crippen molar-refractivity contribution in [1.29, 1.82) is 0 Å². The zero-order valence-corrected chi connectivity index (χ0v) is 14.1. The molecule has 3 rings (SSSR count). The molecule has 0 aliphatic carbocycles. The lowest BCUT2D eigenvalue weighted by Gasteiger charge is -2.21. The fourth-order valence-electron chi connectivity index (χ4n) is 2.65. The van der Waals surface area contributed by atoms with Crippen molar-refractivity contribution in [2.24, 2.45) is 5.92 Å². The third kappa shape index (κ3) is 2.91. The number of amides is 4. The number of halogens is 1. The number of rotatable bonds is 4. The molecule has 24 heavy (non-hydrogen) atoms. The number of carbonyl (C=O) groups excluding carboxylic acids is 3. The molecular weight excluding hydrogens is 336 g/mol. The second kappa shape index (κ2) is 6.32. The monoisotopic (exact) mass is 352 g/mol. The van der Waals surface area contributed by atoms with Gasteiger partial charge in [0.2, 0.25) is 0 Å². The number of carbonyl (C=O) groups is 3. The highest BCUT2D eigenvalue weighted by Gasteiger charge is 2.44. The van der Waals surface area contributed by atoms with E-state index in [9.17, 15) is 14.4 Å². The molecule has 0 spiro atoms. The van der Waals surface area contributed by atoms with Crippen LogP contribution in [0.5, 0.6) is 11.5 Å². The Hall–Kier alpha value is -2.28. The first kappa shape index (κ1) is 16.6. The molecule has 2 heterocycles. The van der Waals surface area contributed by atoms with Gasteiger partial charge in [0, 0.05) is 6.54 Å². The van der Waals surface area contributed by atoms with Gasteiger partial charge in [-0.25, -0.2) is 4.79 Å². The Morgan fingerprint density at radius 3 is 2.46 bits per heavy atom. The van der Waals surface area contributed by atoms with Gasteiger partial charge < -0.3 is 9.47 Å². The summed E-state index contributed by atoms with van der Waals surface area (Å²) in [5.74, 6) is -0.630. The SMILES string of the molecule is CC(C)CN1C(=O)C(=O)N(Cc2cc(Cl)c3c(c2)OCCO3)C1=O. The Labute approximate surface area is 144 Å². The van der Waals surface area contributed by atoms with E-state index in [1.165, 1.54) is 0 Å². The Balaban J connectivity index is 1.83. The molecule has 0 bridgehead atoms. The number of hydrogen-bond donors (Lipinski definition) is 0. The third-order valence-electron chi connectivity index (χ3n) is 3.68. The maximum atomic E-state index is 12.4. The number of ether oxygens (including phenoxy) is 2. The minimum Gasteiger partial charge on any atom is -0.486 e. The predicted octanol–water partition coefficient (Wildman–Crippen LogP) is 2.06. The van der Waals surface area contributed by atoms with Crippen LogP contribution >= 0.6 is 11.6 Å². The highest BCUT2D eigenvalue weighted by Crippen LogP contribution is 2.38. The van der Waals surface area contributed by atoms with E-state index in [-0.39, 0.29) is 19.0 Å². The van der Waals surface area contributed by atoms with Gasteiger partial charge in [-0.2, -0.15) is 0 Å². The van der Waals surface area contributed by atoms with Gasteiger partial charge in [-0.3, -0.25) is 19.4 Å². The molecule has 0 unspecified atom stereocenters. The number of urea groups is 1. The van der Waals surface area contributed by atoms with Crippen molar-refractivity contribution in [2.45, 2.75) is 20.4 Å². The van der Waals surface area contributed by atoms with E-state index in [1.54, 1.807) is 12.1 Å². The summed E-state index contributed by atoms with van der Waals surface area (Å²) in [5.41, 5.74) is 0.588. The minimum absolute atomic E-state index is 0.0473. The maximum Gasteiger partial charge on any atom is 0.334 e. The molecule has 128 valence electrons. The molecule has 4 amide bonds. The van der Waals surface area contributed by atoms with Crippen LogP contribution in [0.4, 0.5) is 4.79 Å². The lowest BCUT2D eigenvalue weighted by molar-refractivity contribution is -0.143. The normalized spacial score (nSPS) is 17.2. The first-order valence-corrected chi connectivity index (χ1v) is 8.01. The van der Waals surface area contributed by atoms with Gasteiger partial charge >= 0.3 is 17.8 Å². The summed E-state index contributed by atoms with van der Waals surface area (Å²) in [4.78, 5) is 38.4. The van der Waals surface area contributed by atoms with Crippen LogP contribution < -0.4 is 9.47 Å².